The third-order valence-corrected chi connectivity index (χ3v) is 3.86. The Labute approximate surface area is 140 Å². The topological polar surface area (TPSA) is 72.8 Å². The van der Waals surface area contributed by atoms with Crippen molar-refractivity contribution in [3.63, 3.8) is 0 Å². The number of esters is 2. The molecule has 0 aromatic carbocycles. The van der Waals surface area contributed by atoms with Crippen molar-refractivity contribution in [1.29, 1.82) is 0 Å². The highest BCUT2D eigenvalue weighted by Gasteiger charge is 2.39. The molecular formula is C18H34O5. The molecular weight excluding hydrogens is 296 g/mol. The third-order valence-electron chi connectivity index (χ3n) is 3.86. The van der Waals surface area contributed by atoms with Gasteiger partial charge in [-0.15, -0.1) is 0 Å². The van der Waals surface area contributed by atoms with E-state index >= 15 is 0 Å². The highest BCUT2D eigenvalue weighted by Crippen LogP contribution is 2.20. The lowest BCUT2D eigenvalue weighted by atomic mass is 10.0. The van der Waals surface area contributed by atoms with Gasteiger partial charge in [0.1, 0.15) is 6.10 Å². The summed E-state index contributed by atoms with van der Waals surface area (Å²) in [6, 6.07) is 0. The van der Waals surface area contributed by atoms with Crippen LogP contribution in [-0.4, -0.2) is 36.4 Å². The summed E-state index contributed by atoms with van der Waals surface area (Å²) in [5.74, 6) is 0.0220. The molecule has 1 saturated heterocycles. The van der Waals surface area contributed by atoms with Gasteiger partial charge in [-0.05, 0) is 25.2 Å². The van der Waals surface area contributed by atoms with Crippen molar-refractivity contribution < 1.29 is 24.2 Å². The molecule has 2 unspecified atom stereocenters. The number of cyclic esters (lactones) is 1. The second kappa shape index (κ2) is 13.3. The lowest BCUT2D eigenvalue weighted by Crippen LogP contribution is -2.49. The molecule has 0 aromatic heterocycles. The normalized spacial score (nSPS) is 19.5. The van der Waals surface area contributed by atoms with Crippen molar-refractivity contribution in [2.45, 2.75) is 90.8 Å². The minimum Gasteiger partial charge on any atom is -0.469 e. The summed E-state index contributed by atoms with van der Waals surface area (Å²) in [7, 11) is 1.42. The first kappa shape index (κ1) is 21.9. The number of hydrogen-bond acceptors (Lipinski definition) is 5. The second-order valence-corrected chi connectivity index (χ2v) is 6.49. The zero-order chi connectivity index (χ0) is 17.7. The maximum Gasteiger partial charge on any atom is 0.339 e. The number of carbonyl (C=O) groups excluding carboxylic acids is 2. The Morgan fingerprint density at radius 2 is 1.83 bits per heavy atom. The van der Waals surface area contributed by atoms with Gasteiger partial charge in [0.2, 0.25) is 0 Å². The summed E-state index contributed by atoms with van der Waals surface area (Å²) in [6.07, 6.45) is 8.59. The maximum absolute atomic E-state index is 10.5. The van der Waals surface area contributed by atoms with Crippen molar-refractivity contribution in [3.8, 4) is 0 Å². The van der Waals surface area contributed by atoms with Crippen LogP contribution < -0.4 is 0 Å². The number of methoxy groups -OCH3 is 1. The number of unbranched alkanes of at least 4 members (excludes halogenated alkanes) is 5. The number of rotatable bonds is 10. The van der Waals surface area contributed by atoms with Crippen LogP contribution in [-0.2, 0) is 19.1 Å². The van der Waals surface area contributed by atoms with Crippen LogP contribution >= 0.6 is 0 Å². The minimum absolute atomic E-state index is 0.108. The molecule has 1 N–H and O–H groups in total. The monoisotopic (exact) mass is 330 g/mol. The Kier molecular flexibility index (Phi) is 12.7. The largest absolute Gasteiger partial charge is 0.469 e. The van der Waals surface area contributed by atoms with Crippen molar-refractivity contribution in [3.05, 3.63) is 0 Å². The molecule has 1 aliphatic heterocycles. The summed E-state index contributed by atoms with van der Waals surface area (Å²) in [5, 5.41) is 9.14. The standard InChI is InChI=1S/C11H20O3.C7H14O2/c1-2-3-4-5-6-7-8-9-10(12)11(13)14-9;1-6(2)4-5-7(8)9-3/h9-10,12H,2-8H2,1H3;6H,4-5H2,1-3H3. The zero-order valence-electron chi connectivity index (χ0n) is 15.2. The predicted molar refractivity (Wildman–Crippen MR) is 90.0 cm³/mol. The number of aliphatic hydroxyl groups is 1. The minimum atomic E-state index is -0.842. The van der Waals surface area contributed by atoms with Gasteiger partial charge in [0, 0.05) is 6.42 Å². The first-order chi connectivity index (χ1) is 10.9. The van der Waals surface area contributed by atoms with Crippen LogP contribution in [0.3, 0.4) is 0 Å². The molecule has 136 valence electrons. The van der Waals surface area contributed by atoms with Gasteiger partial charge in [-0.25, -0.2) is 4.79 Å². The van der Waals surface area contributed by atoms with Crippen LogP contribution in [0.15, 0.2) is 0 Å². The number of hydrogen-bond donors (Lipinski definition) is 1. The lowest BCUT2D eigenvalue weighted by Gasteiger charge is -2.31. The van der Waals surface area contributed by atoms with Gasteiger partial charge in [0.15, 0.2) is 6.10 Å². The van der Waals surface area contributed by atoms with Gasteiger partial charge in [0.25, 0.3) is 0 Å². The van der Waals surface area contributed by atoms with Crippen LogP contribution in [0.25, 0.3) is 0 Å². The molecule has 5 heteroatoms. The summed E-state index contributed by atoms with van der Waals surface area (Å²) in [4.78, 5) is 21.0. The molecule has 5 nitrogen and oxygen atoms in total. The molecule has 2 atom stereocenters. The van der Waals surface area contributed by atoms with E-state index in [1.54, 1.807) is 0 Å². The van der Waals surface area contributed by atoms with E-state index in [4.69, 9.17) is 9.84 Å². The first-order valence-electron chi connectivity index (χ1n) is 8.87. The highest BCUT2D eigenvalue weighted by molar-refractivity contribution is 5.80. The van der Waals surface area contributed by atoms with Gasteiger partial charge in [0.05, 0.1) is 7.11 Å². The number of carbonyl (C=O) groups is 2. The average Bonchev–Trinajstić information content (AvgIpc) is 2.54. The maximum atomic E-state index is 10.5. The van der Waals surface area contributed by atoms with E-state index in [1.807, 2.05) is 0 Å². The molecule has 0 saturated carbocycles. The summed E-state index contributed by atoms with van der Waals surface area (Å²) < 4.78 is 9.25. The average molecular weight is 330 g/mol. The lowest BCUT2D eigenvalue weighted by molar-refractivity contribution is -0.198. The Morgan fingerprint density at radius 1 is 1.22 bits per heavy atom. The highest BCUT2D eigenvalue weighted by atomic mass is 16.6. The fraction of sp³-hybridized carbons (Fsp3) is 0.889. The third kappa shape index (κ3) is 11.1. The summed E-state index contributed by atoms with van der Waals surface area (Å²) in [6.45, 7) is 6.37. The van der Waals surface area contributed by atoms with Crippen LogP contribution in [0.4, 0.5) is 0 Å². The molecule has 0 spiro atoms. The van der Waals surface area contributed by atoms with Crippen molar-refractivity contribution in [2.75, 3.05) is 7.11 Å². The van der Waals surface area contributed by atoms with E-state index in [9.17, 15) is 9.59 Å². The van der Waals surface area contributed by atoms with E-state index < -0.39 is 12.1 Å². The molecule has 1 fully saturated rings. The molecule has 0 aliphatic carbocycles. The number of ether oxygens (including phenoxy) is 2. The first-order valence-corrected chi connectivity index (χ1v) is 8.87. The molecule has 0 bridgehead atoms. The van der Waals surface area contributed by atoms with E-state index in [0.717, 1.165) is 19.3 Å². The SMILES string of the molecule is CCCCCCCCC1OC(=O)C1O.COC(=O)CCC(C)C. The summed E-state index contributed by atoms with van der Waals surface area (Å²) >= 11 is 0. The Bertz CT molecular complexity index is 327. The van der Waals surface area contributed by atoms with Gasteiger partial charge in [-0.2, -0.15) is 0 Å². The molecule has 0 radical (unpaired) electrons. The molecule has 0 amide bonds. The van der Waals surface area contributed by atoms with Gasteiger partial charge in [-0.1, -0.05) is 52.9 Å². The van der Waals surface area contributed by atoms with Crippen LogP contribution in [0.5, 0.6) is 0 Å². The Hall–Kier alpha value is -1.10. The molecule has 1 heterocycles. The number of aliphatic hydroxyl groups excluding tert-OH is 1. The van der Waals surface area contributed by atoms with Crippen LogP contribution in [0.1, 0.15) is 78.6 Å². The molecule has 1 rings (SSSR count). The van der Waals surface area contributed by atoms with Crippen molar-refractivity contribution in [1.82, 2.24) is 0 Å². The van der Waals surface area contributed by atoms with E-state index in [-0.39, 0.29) is 12.1 Å². The van der Waals surface area contributed by atoms with Crippen molar-refractivity contribution >= 4 is 11.9 Å². The predicted octanol–water partition coefficient (Wildman–Crippen LogP) is 3.62. The van der Waals surface area contributed by atoms with Gasteiger partial charge in [-0.3, -0.25) is 4.79 Å². The molecule has 1 aliphatic rings. The van der Waals surface area contributed by atoms with Gasteiger partial charge < -0.3 is 14.6 Å². The Balaban J connectivity index is 0.000000468. The van der Waals surface area contributed by atoms with Crippen LogP contribution in [0.2, 0.25) is 0 Å². The second-order valence-electron chi connectivity index (χ2n) is 6.49. The smallest absolute Gasteiger partial charge is 0.339 e. The summed E-state index contributed by atoms with van der Waals surface area (Å²) in [5.41, 5.74) is 0. The fourth-order valence-corrected chi connectivity index (χ4v) is 2.21. The van der Waals surface area contributed by atoms with E-state index in [2.05, 4.69) is 25.5 Å². The van der Waals surface area contributed by atoms with Gasteiger partial charge >= 0.3 is 11.9 Å². The quantitative estimate of drug-likeness (QED) is 0.489. The molecule has 23 heavy (non-hydrogen) atoms. The Morgan fingerprint density at radius 3 is 2.30 bits per heavy atom. The van der Waals surface area contributed by atoms with Crippen LogP contribution in [0, 0.1) is 5.92 Å². The van der Waals surface area contributed by atoms with Crippen molar-refractivity contribution in [2.24, 2.45) is 5.92 Å². The molecule has 0 aromatic rings. The van der Waals surface area contributed by atoms with E-state index in [0.29, 0.717) is 12.3 Å². The van der Waals surface area contributed by atoms with E-state index in [1.165, 1.54) is 39.2 Å². The zero-order valence-corrected chi connectivity index (χ0v) is 15.2. The fourth-order valence-electron chi connectivity index (χ4n) is 2.21.